The number of aromatic nitrogens is 3. The number of ether oxygens (including phenoxy) is 3. The molecule has 3 aromatic rings. The molecule has 0 amide bonds. The van der Waals surface area contributed by atoms with Crippen molar-refractivity contribution in [1.29, 1.82) is 0 Å². The SMILES string of the molecule is C=CC(=O)C[C@H]1COC[C@H]1Nc1ncc2cc(-c3c(Cl)c(OC)cc(OC)c3Cl)nc(NCC(C)(C)C)c2n1. The van der Waals surface area contributed by atoms with Crippen LogP contribution in [0.3, 0.4) is 0 Å². The Morgan fingerprint density at radius 1 is 1.15 bits per heavy atom. The van der Waals surface area contributed by atoms with Gasteiger partial charge in [-0.15, -0.1) is 0 Å². The van der Waals surface area contributed by atoms with Crippen molar-refractivity contribution in [2.75, 3.05) is 44.6 Å². The summed E-state index contributed by atoms with van der Waals surface area (Å²) < 4.78 is 16.5. The van der Waals surface area contributed by atoms with E-state index in [-0.39, 0.29) is 23.2 Å². The van der Waals surface area contributed by atoms with Crippen LogP contribution in [0.1, 0.15) is 27.2 Å². The number of hydrogen-bond acceptors (Lipinski definition) is 9. The van der Waals surface area contributed by atoms with Crippen molar-refractivity contribution < 1.29 is 19.0 Å². The van der Waals surface area contributed by atoms with Gasteiger partial charge in [-0.2, -0.15) is 0 Å². The number of nitrogens with zero attached hydrogens (tertiary/aromatic N) is 3. The smallest absolute Gasteiger partial charge is 0.223 e. The maximum absolute atomic E-state index is 11.9. The first-order valence-corrected chi connectivity index (χ1v) is 13.3. The third kappa shape index (κ3) is 6.54. The minimum atomic E-state index is -0.105. The van der Waals surface area contributed by atoms with Gasteiger partial charge in [0.1, 0.15) is 17.0 Å². The van der Waals surface area contributed by atoms with E-state index in [2.05, 4.69) is 43.0 Å². The van der Waals surface area contributed by atoms with Crippen LogP contribution in [0, 0.1) is 11.3 Å². The van der Waals surface area contributed by atoms with E-state index in [0.717, 1.165) is 5.39 Å². The highest BCUT2D eigenvalue weighted by atomic mass is 35.5. The molecule has 2 atom stereocenters. The molecule has 0 unspecified atom stereocenters. The fraction of sp³-hybridized carbons (Fsp3) is 0.429. The molecule has 0 radical (unpaired) electrons. The van der Waals surface area contributed by atoms with E-state index in [1.54, 1.807) is 12.3 Å². The second-order valence-electron chi connectivity index (χ2n) is 10.6. The molecule has 0 aliphatic carbocycles. The number of hydrogen-bond donors (Lipinski definition) is 2. The minimum Gasteiger partial charge on any atom is -0.495 e. The Morgan fingerprint density at radius 2 is 1.85 bits per heavy atom. The van der Waals surface area contributed by atoms with E-state index < -0.39 is 0 Å². The van der Waals surface area contributed by atoms with E-state index in [9.17, 15) is 4.79 Å². The lowest BCUT2D eigenvalue weighted by Crippen LogP contribution is -2.30. The molecular weight excluding hydrogens is 541 g/mol. The Balaban J connectivity index is 1.78. The normalized spacial score (nSPS) is 17.2. The van der Waals surface area contributed by atoms with E-state index >= 15 is 0 Å². The quantitative estimate of drug-likeness (QED) is 0.280. The lowest BCUT2D eigenvalue weighted by atomic mass is 9.97. The summed E-state index contributed by atoms with van der Waals surface area (Å²) >= 11 is 13.4. The molecule has 0 spiro atoms. The molecule has 2 aromatic heterocycles. The Kier molecular flexibility index (Phi) is 8.83. The lowest BCUT2D eigenvalue weighted by molar-refractivity contribution is -0.115. The van der Waals surface area contributed by atoms with Gasteiger partial charge < -0.3 is 24.8 Å². The zero-order valence-corrected chi connectivity index (χ0v) is 24.2. The molecule has 0 saturated carbocycles. The first-order valence-electron chi connectivity index (χ1n) is 12.6. The molecule has 208 valence electrons. The first-order chi connectivity index (χ1) is 18.5. The summed E-state index contributed by atoms with van der Waals surface area (Å²) in [5.74, 6) is 1.78. The monoisotopic (exact) mass is 573 g/mol. The minimum absolute atomic E-state index is 0.00103. The van der Waals surface area contributed by atoms with Crippen LogP contribution in [0.4, 0.5) is 11.8 Å². The third-order valence-electron chi connectivity index (χ3n) is 6.39. The molecule has 1 saturated heterocycles. The number of allylic oxidation sites excluding steroid dienone is 1. The van der Waals surface area contributed by atoms with Gasteiger partial charge in [-0.25, -0.2) is 15.0 Å². The van der Waals surface area contributed by atoms with Crippen LogP contribution in [0.15, 0.2) is 31.0 Å². The number of ketones is 1. The van der Waals surface area contributed by atoms with Gasteiger partial charge in [0.05, 0.1) is 49.2 Å². The van der Waals surface area contributed by atoms with Crippen molar-refractivity contribution in [3.05, 3.63) is 41.0 Å². The predicted octanol–water partition coefficient (Wildman–Crippen LogP) is 6.05. The van der Waals surface area contributed by atoms with Gasteiger partial charge >= 0.3 is 0 Å². The van der Waals surface area contributed by atoms with Crippen molar-refractivity contribution >= 4 is 51.7 Å². The molecule has 1 aliphatic heterocycles. The summed E-state index contributed by atoms with van der Waals surface area (Å²) in [6, 6.07) is 3.36. The molecule has 11 heteroatoms. The summed E-state index contributed by atoms with van der Waals surface area (Å²) in [7, 11) is 3.05. The number of methoxy groups -OCH3 is 2. The molecule has 39 heavy (non-hydrogen) atoms. The number of anilines is 2. The molecule has 3 heterocycles. The number of fused-ring (bicyclic) bond motifs is 1. The van der Waals surface area contributed by atoms with Gasteiger partial charge in [-0.3, -0.25) is 4.79 Å². The van der Waals surface area contributed by atoms with Gasteiger partial charge in [-0.05, 0) is 17.6 Å². The van der Waals surface area contributed by atoms with Crippen molar-refractivity contribution in [2.45, 2.75) is 33.2 Å². The van der Waals surface area contributed by atoms with Crippen LogP contribution in [0.25, 0.3) is 22.2 Å². The second kappa shape index (κ2) is 11.9. The average Bonchev–Trinajstić information content (AvgIpc) is 3.33. The standard InChI is InChI=1S/C28H33Cl2N5O4/c1-7-17(36)8-16-12-39-13-19(16)34-27-31-11-15-9-18(33-26(25(15)35-27)32-14-28(2,3)4)22-23(29)20(37-5)10-21(38-6)24(22)30/h7,9-11,16,19H,1,8,12-14H2,2-6H3,(H,32,33)(H,31,34,35)/t16-,19+/m0/s1. The summed E-state index contributed by atoms with van der Waals surface area (Å²) in [4.78, 5) is 26.2. The number of carbonyl (C=O) groups is 1. The number of nitrogens with one attached hydrogen (secondary N) is 2. The van der Waals surface area contributed by atoms with Crippen molar-refractivity contribution in [3.63, 3.8) is 0 Å². The van der Waals surface area contributed by atoms with Crippen LogP contribution < -0.4 is 20.1 Å². The summed E-state index contributed by atoms with van der Waals surface area (Å²) in [5.41, 5.74) is 1.59. The largest absolute Gasteiger partial charge is 0.495 e. The topological polar surface area (TPSA) is 107 Å². The Hall–Kier alpha value is -3.14. The number of rotatable bonds is 10. The zero-order valence-electron chi connectivity index (χ0n) is 22.7. The lowest BCUT2D eigenvalue weighted by Gasteiger charge is -2.21. The molecule has 1 aliphatic rings. The van der Waals surface area contributed by atoms with Crippen LogP contribution in [-0.2, 0) is 9.53 Å². The maximum atomic E-state index is 11.9. The Labute approximate surface area is 238 Å². The number of carbonyl (C=O) groups excluding carboxylic acids is 1. The highest BCUT2D eigenvalue weighted by molar-refractivity contribution is 6.41. The van der Waals surface area contributed by atoms with Gasteiger partial charge in [0.25, 0.3) is 0 Å². The Bertz CT molecular complexity index is 1360. The molecule has 9 nitrogen and oxygen atoms in total. The second-order valence-corrected chi connectivity index (χ2v) is 11.4. The molecule has 1 fully saturated rings. The summed E-state index contributed by atoms with van der Waals surface area (Å²) in [6.07, 6.45) is 3.41. The van der Waals surface area contributed by atoms with E-state index in [4.69, 9.17) is 47.4 Å². The van der Waals surface area contributed by atoms with Crippen LogP contribution in [0.5, 0.6) is 11.5 Å². The zero-order chi connectivity index (χ0) is 28.3. The number of halogens is 2. The predicted molar refractivity (Wildman–Crippen MR) is 155 cm³/mol. The highest BCUT2D eigenvalue weighted by Gasteiger charge is 2.30. The number of pyridine rings is 1. The van der Waals surface area contributed by atoms with Crippen molar-refractivity contribution in [3.8, 4) is 22.8 Å². The Morgan fingerprint density at radius 3 is 2.46 bits per heavy atom. The summed E-state index contributed by atoms with van der Waals surface area (Å²) in [6.45, 7) is 11.5. The van der Waals surface area contributed by atoms with Crippen molar-refractivity contribution in [2.24, 2.45) is 11.3 Å². The van der Waals surface area contributed by atoms with Crippen LogP contribution in [-0.4, -0.2) is 60.8 Å². The van der Waals surface area contributed by atoms with E-state index in [1.807, 2.05) is 6.07 Å². The highest BCUT2D eigenvalue weighted by Crippen LogP contribution is 2.46. The fourth-order valence-corrected chi connectivity index (χ4v) is 4.98. The van der Waals surface area contributed by atoms with Gasteiger partial charge in [0.2, 0.25) is 5.95 Å². The number of benzene rings is 1. The van der Waals surface area contributed by atoms with E-state index in [1.165, 1.54) is 20.3 Å². The van der Waals surface area contributed by atoms with Gasteiger partial charge in [0.15, 0.2) is 11.6 Å². The molecule has 1 aromatic carbocycles. The molecule has 0 bridgehead atoms. The van der Waals surface area contributed by atoms with Crippen LogP contribution in [0.2, 0.25) is 10.0 Å². The summed E-state index contributed by atoms with van der Waals surface area (Å²) in [5, 5.41) is 8.15. The van der Waals surface area contributed by atoms with Gasteiger partial charge in [-0.1, -0.05) is 50.6 Å². The average molecular weight is 575 g/mol. The third-order valence-corrected chi connectivity index (χ3v) is 7.14. The first kappa shape index (κ1) is 28.9. The fourth-order valence-electron chi connectivity index (χ4n) is 4.29. The maximum Gasteiger partial charge on any atom is 0.223 e. The molecular formula is C28H33Cl2N5O4. The van der Waals surface area contributed by atoms with Gasteiger partial charge in [0, 0.05) is 42.1 Å². The molecule has 4 rings (SSSR count). The van der Waals surface area contributed by atoms with E-state index in [0.29, 0.717) is 76.3 Å². The van der Waals surface area contributed by atoms with Crippen molar-refractivity contribution in [1.82, 2.24) is 15.0 Å². The van der Waals surface area contributed by atoms with Crippen LogP contribution >= 0.6 is 23.2 Å². The molecule has 2 N–H and O–H groups in total.